The van der Waals surface area contributed by atoms with E-state index >= 15 is 0 Å². The summed E-state index contributed by atoms with van der Waals surface area (Å²) in [5.74, 6) is -0.295. The van der Waals surface area contributed by atoms with Crippen molar-refractivity contribution in [2.45, 2.75) is 31.7 Å². The molecule has 0 fully saturated rings. The Balaban J connectivity index is 1.23. The lowest BCUT2D eigenvalue weighted by molar-refractivity contribution is 0.0942. The fourth-order valence-corrected chi connectivity index (χ4v) is 4.63. The van der Waals surface area contributed by atoms with Crippen molar-refractivity contribution in [2.75, 3.05) is 19.7 Å². The van der Waals surface area contributed by atoms with Gasteiger partial charge in [0.2, 0.25) is 0 Å². The molecule has 3 heterocycles. The molecule has 3 aromatic rings. The number of nitrogens with one attached hydrogen (secondary N) is 3. The average Bonchev–Trinajstić information content (AvgIpc) is 3.18. The summed E-state index contributed by atoms with van der Waals surface area (Å²) >= 11 is 0. The molecule has 0 bridgehead atoms. The van der Waals surface area contributed by atoms with E-state index in [1.165, 1.54) is 11.6 Å². The maximum absolute atomic E-state index is 14.5. The summed E-state index contributed by atoms with van der Waals surface area (Å²) in [6.45, 7) is 1.69. The number of hydrogen-bond acceptors (Lipinski definition) is 4. The number of fused-ring (bicyclic) bond motifs is 4. The minimum atomic E-state index is -0.377. The molecule has 3 N–H and O–H groups in total. The van der Waals surface area contributed by atoms with Crippen molar-refractivity contribution >= 4 is 16.8 Å². The number of carbonyl (C=O) groups is 1. The highest BCUT2D eigenvalue weighted by molar-refractivity contribution is 5.99. The number of amides is 1. The zero-order valence-electron chi connectivity index (χ0n) is 17.1. The van der Waals surface area contributed by atoms with Crippen LogP contribution < -0.4 is 15.4 Å². The lowest BCUT2D eigenvalue weighted by Gasteiger charge is -2.30. The molecule has 7 heteroatoms. The van der Waals surface area contributed by atoms with Crippen LogP contribution >= 0.6 is 0 Å². The highest BCUT2D eigenvalue weighted by atomic mass is 19.1. The maximum Gasteiger partial charge on any atom is 0.251 e. The molecule has 2 aliphatic rings. The Morgan fingerprint density at radius 3 is 3.10 bits per heavy atom. The molecule has 6 nitrogen and oxygen atoms in total. The molecule has 2 aromatic carbocycles. The molecule has 31 heavy (non-hydrogen) atoms. The molecular formula is C24H23FN4O2. The number of aromatic amines is 1. The monoisotopic (exact) mass is 418 g/mol. The largest absolute Gasteiger partial charge is 0.489 e. The quantitative estimate of drug-likeness (QED) is 0.556. The predicted molar refractivity (Wildman–Crippen MR) is 115 cm³/mol. The number of hydrogen-bond donors (Lipinski definition) is 3. The first-order valence-electron chi connectivity index (χ1n) is 10.6. The molecule has 2 aliphatic heterocycles. The summed E-state index contributed by atoms with van der Waals surface area (Å²) in [6.07, 6.45) is 5.00. The van der Waals surface area contributed by atoms with E-state index in [0.29, 0.717) is 42.7 Å². The molecule has 0 saturated heterocycles. The van der Waals surface area contributed by atoms with Crippen LogP contribution in [0.15, 0.2) is 30.5 Å². The SMILES string of the molecule is N#Cc1ccc2[nH]cc(CCCNC3COc4c(F)cc5c(c4C3)C(=O)NCC5)c2c1. The second-order valence-corrected chi connectivity index (χ2v) is 8.16. The van der Waals surface area contributed by atoms with Crippen molar-refractivity contribution in [3.05, 3.63) is 64.1 Å². The van der Waals surface area contributed by atoms with Gasteiger partial charge in [-0.3, -0.25) is 4.79 Å². The van der Waals surface area contributed by atoms with Crippen molar-refractivity contribution in [3.8, 4) is 11.8 Å². The van der Waals surface area contributed by atoms with Gasteiger partial charge in [-0.15, -0.1) is 0 Å². The van der Waals surface area contributed by atoms with Crippen molar-refractivity contribution in [3.63, 3.8) is 0 Å². The number of ether oxygens (including phenoxy) is 1. The zero-order valence-corrected chi connectivity index (χ0v) is 17.1. The first kappa shape index (κ1) is 19.6. The van der Waals surface area contributed by atoms with E-state index in [4.69, 9.17) is 10.00 Å². The third-order valence-corrected chi connectivity index (χ3v) is 6.15. The molecule has 1 amide bonds. The normalized spacial score (nSPS) is 17.4. The van der Waals surface area contributed by atoms with Gasteiger partial charge in [-0.25, -0.2) is 4.39 Å². The summed E-state index contributed by atoms with van der Waals surface area (Å²) in [4.78, 5) is 15.6. The lowest BCUT2D eigenvalue weighted by atomic mass is 9.89. The van der Waals surface area contributed by atoms with Crippen LogP contribution in [0.5, 0.6) is 5.75 Å². The van der Waals surface area contributed by atoms with Gasteiger partial charge in [-0.1, -0.05) is 0 Å². The molecule has 1 aromatic heterocycles. The summed E-state index contributed by atoms with van der Waals surface area (Å²) < 4.78 is 20.2. The number of H-pyrrole nitrogens is 1. The molecular weight excluding hydrogens is 395 g/mol. The van der Waals surface area contributed by atoms with Gasteiger partial charge in [0.1, 0.15) is 6.61 Å². The Bertz CT molecular complexity index is 1210. The highest BCUT2D eigenvalue weighted by Gasteiger charge is 2.31. The van der Waals surface area contributed by atoms with E-state index in [-0.39, 0.29) is 23.5 Å². The van der Waals surface area contributed by atoms with Crippen LogP contribution in [0.2, 0.25) is 0 Å². The molecule has 0 aliphatic carbocycles. The van der Waals surface area contributed by atoms with E-state index in [0.717, 1.165) is 35.9 Å². The number of rotatable bonds is 5. The van der Waals surface area contributed by atoms with Crippen LogP contribution in [0.4, 0.5) is 4.39 Å². The van der Waals surface area contributed by atoms with Crippen molar-refractivity contribution in [1.82, 2.24) is 15.6 Å². The standard InChI is InChI=1S/C24H23FN4O2/c25-20-9-15-5-7-28-24(30)22(15)19-10-17(13-31-23(19)20)27-6-1-2-16-12-29-21-4-3-14(11-26)8-18(16)21/h3-4,8-9,12,17,27,29H,1-2,5-7,10,13H2,(H,28,30). The minimum Gasteiger partial charge on any atom is -0.489 e. The summed E-state index contributed by atoms with van der Waals surface area (Å²) in [6, 6.07) is 9.33. The Morgan fingerprint density at radius 1 is 1.32 bits per heavy atom. The Hall–Kier alpha value is -3.37. The van der Waals surface area contributed by atoms with Gasteiger partial charge in [0.05, 0.1) is 11.6 Å². The molecule has 0 radical (unpaired) electrons. The minimum absolute atomic E-state index is 0.0290. The van der Waals surface area contributed by atoms with Gasteiger partial charge in [-0.05, 0) is 67.6 Å². The van der Waals surface area contributed by atoms with E-state index in [1.807, 2.05) is 24.4 Å². The molecule has 1 atom stereocenters. The van der Waals surface area contributed by atoms with Crippen LogP contribution in [-0.4, -0.2) is 36.6 Å². The lowest BCUT2D eigenvalue weighted by Crippen LogP contribution is -2.42. The van der Waals surface area contributed by atoms with E-state index in [2.05, 4.69) is 21.7 Å². The van der Waals surface area contributed by atoms with Gasteiger partial charge >= 0.3 is 0 Å². The first-order chi connectivity index (χ1) is 15.1. The first-order valence-corrected chi connectivity index (χ1v) is 10.6. The number of benzene rings is 2. The van der Waals surface area contributed by atoms with E-state index in [9.17, 15) is 9.18 Å². The molecule has 1 unspecified atom stereocenters. The summed E-state index contributed by atoms with van der Waals surface area (Å²) in [5.41, 5.74) is 4.90. The van der Waals surface area contributed by atoms with Crippen molar-refractivity contribution in [1.29, 1.82) is 5.26 Å². The Kier molecular flexibility index (Phi) is 5.08. The Morgan fingerprint density at radius 2 is 2.23 bits per heavy atom. The van der Waals surface area contributed by atoms with Gasteiger partial charge in [0.15, 0.2) is 11.6 Å². The van der Waals surface area contributed by atoms with Gasteiger partial charge in [0, 0.05) is 40.8 Å². The number of halogens is 1. The van der Waals surface area contributed by atoms with Gasteiger partial charge in [0.25, 0.3) is 5.91 Å². The molecule has 158 valence electrons. The second kappa shape index (κ2) is 8.05. The van der Waals surface area contributed by atoms with Crippen molar-refractivity contribution < 1.29 is 13.9 Å². The Labute approximate surface area is 179 Å². The smallest absolute Gasteiger partial charge is 0.251 e. The fraction of sp³-hybridized carbons (Fsp3) is 0.333. The van der Waals surface area contributed by atoms with Crippen LogP contribution in [0.25, 0.3) is 10.9 Å². The highest BCUT2D eigenvalue weighted by Crippen LogP contribution is 2.34. The van der Waals surface area contributed by atoms with E-state index in [1.54, 1.807) is 0 Å². The maximum atomic E-state index is 14.5. The summed E-state index contributed by atoms with van der Waals surface area (Å²) in [5, 5.41) is 16.6. The topological polar surface area (TPSA) is 89.9 Å². The van der Waals surface area contributed by atoms with Crippen LogP contribution in [0.3, 0.4) is 0 Å². The summed E-state index contributed by atoms with van der Waals surface area (Å²) in [7, 11) is 0. The van der Waals surface area contributed by atoms with Crippen LogP contribution in [0, 0.1) is 17.1 Å². The van der Waals surface area contributed by atoms with Crippen LogP contribution in [-0.2, 0) is 19.3 Å². The second-order valence-electron chi connectivity index (χ2n) is 8.16. The zero-order chi connectivity index (χ0) is 21.4. The number of nitriles is 1. The molecule has 0 saturated carbocycles. The predicted octanol–water partition coefficient (Wildman–Crippen LogP) is 2.99. The number of aromatic nitrogens is 1. The third-order valence-electron chi connectivity index (χ3n) is 6.15. The molecule has 5 rings (SSSR count). The average molecular weight is 418 g/mol. The number of aryl methyl sites for hydroxylation is 1. The fourth-order valence-electron chi connectivity index (χ4n) is 4.63. The number of nitrogens with zero attached hydrogens (tertiary/aromatic N) is 1. The van der Waals surface area contributed by atoms with Gasteiger partial charge < -0.3 is 20.4 Å². The van der Waals surface area contributed by atoms with Crippen molar-refractivity contribution in [2.24, 2.45) is 0 Å². The molecule has 0 spiro atoms. The van der Waals surface area contributed by atoms with Gasteiger partial charge in [-0.2, -0.15) is 5.26 Å². The third kappa shape index (κ3) is 3.64. The number of carbonyl (C=O) groups excluding carboxylic acids is 1. The van der Waals surface area contributed by atoms with Crippen LogP contribution in [0.1, 0.15) is 39.0 Å². The van der Waals surface area contributed by atoms with E-state index < -0.39 is 0 Å².